The number of hydrogen-bond donors (Lipinski definition) is 0. The monoisotopic (exact) mass is 432 g/mol. The SMILES string of the molecule is CC(C)N(C)C(=O)C1CN(C(=O)Cc2ccccc2)CC1c1cccc(C(F)(F)F)c1. The van der Waals surface area contributed by atoms with Crippen molar-refractivity contribution in [3.8, 4) is 0 Å². The molecule has 31 heavy (non-hydrogen) atoms. The molecule has 1 aliphatic heterocycles. The highest BCUT2D eigenvalue weighted by Gasteiger charge is 2.42. The first kappa shape index (κ1) is 22.8. The number of alkyl halides is 3. The summed E-state index contributed by atoms with van der Waals surface area (Å²) in [4.78, 5) is 29.3. The average Bonchev–Trinajstić information content (AvgIpc) is 3.18. The fourth-order valence-corrected chi connectivity index (χ4v) is 3.94. The fourth-order valence-electron chi connectivity index (χ4n) is 3.94. The van der Waals surface area contributed by atoms with Crippen LogP contribution in [0.2, 0.25) is 0 Å². The van der Waals surface area contributed by atoms with Gasteiger partial charge in [0.25, 0.3) is 0 Å². The Morgan fingerprint density at radius 1 is 1.06 bits per heavy atom. The van der Waals surface area contributed by atoms with Crippen LogP contribution < -0.4 is 0 Å². The Morgan fingerprint density at radius 2 is 1.74 bits per heavy atom. The van der Waals surface area contributed by atoms with Crippen molar-refractivity contribution < 1.29 is 22.8 Å². The molecule has 7 heteroatoms. The molecule has 0 spiro atoms. The number of halogens is 3. The minimum Gasteiger partial charge on any atom is -0.343 e. The number of rotatable bonds is 5. The lowest BCUT2D eigenvalue weighted by molar-refractivity contribution is -0.137. The number of amides is 2. The molecule has 2 amide bonds. The van der Waals surface area contributed by atoms with Gasteiger partial charge < -0.3 is 9.80 Å². The smallest absolute Gasteiger partial charge is 0.343 e. The third-order valence-electron chi connectivity index (χ3n) is 5.95. The maximum absolute atomic E-state index is 13.3. The summed E-state index contributed by atoms with van der Waals surface area (Å²) >= 11 is 0. The van der Waals surface area contributed by atoms with Crippen molar-refractivity contribution in [1.82, 2.24) is 9.80 Å². The minimum atomic E-state index is -4.47. The van der Waals surface area contributed by atoms with E-state index in [1.54, 1.807) is 22.9 Å². The zero-order chi connectivity index (χ0) is 22.8. The highest BCUT2D eigenvalue weighted by atomic mass is 19.4. The molecule has 4 nitrogen and oxygen atoms in total. The van der Waals surface area contributed by atoms with Crippen LogP contribution in [0.1, 0.15) is 36.5 Å². The van der Waals surface area contributed by atoms with Crippen LogP contribution in [0.15, 0.2) is 54.6 Å². The highest BCUT2D eigenvalue weighted by Crippen LogP contribution is 2.37. The average molecular weight is 432 g/mol. The Morgan fingerprint density at radius 3 is 2.35 bits per heavy atom. The van der Waals surface area contributed by atoms with E-state index >= 15 is 0 Å². The molecule has 0 N–H and O–H groups in total. The van der Waals surface area contributed by atoms with Gasteiger partial charge in [-0.2, -0.15) is 13.2 Å². The van der Waals surface area contributed by atoms with E-state index in [0.29, 0.717) is 5.56 Å². The van der Waals surface area contributed by atoms with Crippen molar-refractivity contribution in [2.45, 2.75) is 38.4 Å². The third kappa shape index (κ3) is 5.27. The van der Waals surface area contributed by atoms with Crippen molar-refractivity contribution in [1.29, 1.82) is 0 Å². The van der Waals surface area contributed by atoms with Gasteiger partial charge in [0, 0.05) is 32.1 Å². The summed E-state index contributed by atoms with van der Waals surface area (Å²) in [5, 5.41) is 0. The zero-order valence-electron chi connectivity index (χ0n) is 17.9. The van der Waals surface area contributed by atoms with Crippen molar-refractivity contribution in [2.75, 3.05) is 20.1 Å². The van der Waals surface area contributed by atoms with Crippen LogP contribution in [-0.4, -0.2) is 47.8 Å². The lowest BCUT2D eigenvalue weighted by Crippen LogP contribution is -2.40. The number of carbonyl (C=O) groups is 2. The number of carbonyl (C=O) groups excluding carboxylic acids is 2. The Labute approximate surface area is 180 Å². The second-order valence-corrected chi connectivity index (χ2v) is 8.34. The minimum absolute atomic E-state index is 0.0521. The van der Waals surface area contributed by atoms with Gasteiger partial charge in [0.2, 0.25) is 11.8 Å². The predicted octanol–water partition coefficient (Wildman–Crippen LogP) is 4.36. The molecule has 1 aliphatic rings. The Balaban J connectivity index is 1.89. The van der Waals surface area contributed by atoms with Gasteiger partial charge in [-0.1, -0.05) is 48.5 Å². The molecule has 166 valence electrons. The van der Waals surface area contributed by atoms with E-state index in [1.807, 2.05) is 44.2 Å². The summed E-state index contributed by atoms with van der Waals surface area (Å²) in [6.45, 7) is 4.17. The van der Waals surface area contributed by atoms with Crippen LogP contribution >= 0.6 is 0 Å². The van der Waals surface area contributed by atoms with Gasteiger partial charge in [0.05, 0.1) is 17.9 Å². The Kier molecular flexibility index (Phi) is 6.72. The van der Waals surface area contributed by atoms with Crippen molar-refractivity contribution in [3.05, 3.63) is 71.3 Å². The van der Waals surface area contributed by atoms with Gasteiger partial charge in [-0.15, -0.1) is 0 Å². The predicted molar refractivity (Wildman–Crippen MR) is 112 cm³/mol. The van der Waals surface area contributed by atoms with Crippen LogP contribution in [-0.2, 0) is 22.2 Å². The van der Waals surface area contributed by atoms with Crippen LogP contribution in [0.3, 0.4) is 0 Å². The van der Waals surface area contributed by atoms with Crippen LogP contribution in [0, 0.1) is 5.92 Å². The first-order valence-electron chi connectivity index (χ1n) is 10.3. The van der Waals surface area contributed by atoms with E-state index in [2.05, 4.69) is 0 Å². The lowest BCUT2D eigenvalue weighted by Gasteiger charge is -2.27. The first-order valence-corrected chi connectivity index (χ1v) is 10.3. The molecule has 0 aliphatic carbocycles. The van der Waals surface area contributed by atoms with Crippen LogP contribution in [0.4, 0.5) is 13.2 Å². The summed E-state index contributed by atoms with van der Waals surface area (Å²) in [7, 11) is 1.69. The van der Waals surface area contributed by atoms with Gasteiger partial charge >= 0.3 is 6.18 Å². The first-order chi connectivity index (χ1) is 14.6. The number of hydrogen-bond acceptors (Lipinski definition) is 2. The summed E-state index contributed by atoms with van der Waals surface area (Å²) < 4.78 is 39.8. The largest absolute Gasteiger partial charge is 0.416 e. The van der Waals surface area contributed by atoms with Crippen LogP contribution in [0.5, 0.6) is 0 Å². The fraction of sp³-hybridized carbons (Fsp3) is 0.417. The van der Waals surface area contributed by atoms with E-state index in [0.717, 1.165) is 17.7 Å². The molecular formula is C24H27F3N2O2. The molecule has 1 heterocycles. The quantitative estimate of drug-likeness (QED) is 0.705. The topological polar surface area (TPSA) is 40.6 Å². The Hall–Kier alpha value is -2.83. The summed E-state index contributed by atoms with van der Waals surface area (Å²) in [5.41, 5.74) is 0.542. The second-order valence-electron chi connectivity index (χ2n) is 8.34. The summed E-state index contributed by atoms with van der Waals surface area (Å²) in [6, 6.07) is 14.3. The van der Waals surface area contributed by atoms with Gasteiger partial charge in [0.1, 0.15) is 0 Å². The molecule has 2 atom stereocenters. The normalized spacial score (nSPS) is 19.0. The molecule has 3 rings (SSSR count). The molecule has 0 radical (unpaired) electrons. The number of likely N-dealkylation sites (tertiary alicyclic amines) is 1. The van der Waals surface area contributed by atoms with Crippen molar-refractivity contribution in [3.63, 3.8) is 0 Å². The van der Waals surface area contributed by atoms with Crippen molar-refractivity contribution in [2.24, 2.45) is 5.92 Å². The second kappa shape index (κ2) is 9.12. The van der Waals surface area contributed by atoms with E-state index in [4.69, 9.17) is 0 Å². The zero-order valence-corrected chi connectivity index (χ0v) is 17.9. The lowest BCUT2D eigenvalue weighted by atomic mass is 9.87. The molecule has 0 bridgehead atoms. The maximum atomic E-state index is 13.3. The Bertz CT molecular complexity index is 928. The standard InChI is InChI=1S/C24H27F3N2O2/c1-16(2)28(3)23(31)21-15-29(22(30)12-17-8-5-4-6-9-17)14-20(21)18-10-7-11-19(13-18)24(25,26)27/h4-11,13,16,20-21H,12,14-15H2,1-3H3. The van der Waals surface area contributed by atoms with Crippen LogP contribution in [0.25, 0.3) is 0 Å². The van der Waals surface area contributed by atoms with E-state index in [1.165, 1.54) is 6.07 Å². The highest BCUT2D eigenvalue weighted by molar-refractivity contribution is 5.84. The summed E-state index contributed by atoms with van der Waals surface area (Å²) in [5.74, 6) is -1.37. The van der Waals surface area contributed by atoms with E-state index in [9.17, 15) is 22.8 Å². The van der Waals surface area contributed by atoms with E-state index < -0.39 is 23.6 Å². The van der Waals surface area contributed by atoms with Gasteiger partial charge in [0.15, 0.2) is 0 Å². The molecule has 0 aromatic heterocycles. The molecular weight excluding hydrogens is 405 g/mol. The molecule has 1 saturated heterocycles. The molecule has 2 unspecified atom stereocenters. The molecule has 1 fully saturated rings. The molecule has 2 aromatic carbocycles. The maximum Gasteiger partial charge on any atom is 0.416 e. The van der Waals surface area contributed by atoms with Gasteiger partial charge in [-0.25, -0.2) is 0 Å². The van der Waals surface area contributed by atoms with Gasteiger partial charge in [-0.05, 0) is 31.0 Å². The number of nitrogens with zero attached hydrogens (tertiary/aromatic N) is 2. The number of benzene rings is 2. The summed E-state index contributed by atoms with van der Waals surface area (Å²) in [6.07, 6.45) is -4.28. The van der Waals surface area contributed by atoms with E-state index in [-0.39, 0.29) is 37.4 Å². The van der Waals surface area contributed by atoms with Crippen molar-refractivity contribution >= 4 is 11.8 Å². The molecule has 2 aromatic rings. The third-order valence-corrected chi connectivity index (χ3v) is 5.95. The van der Waals surface area contributed by atoms with Gasteiger partial charge in [-0.3, -0.25) is 9.59 Å². The molecule has 0 saturated carbocycles.